The number of aromatic nitrogens is 2. The average molecular weight is 411 g/mol. The summed E-state index contributed by atoms with van der Waals surface area (Å²) in [7, 11) is 1.32. The summed E-state index contributed by atoms with van der Waals surface area (Å²) in [4.78, 5) is 28.6. The van der Waals surface area contributed by atoms with Crippen molar-refractivity contribution in [1.29, 1.82) is 0 Å². The van der Waals surface area contributed by atoms with E-state index in [0.717, 1.165) is 5.56 Å². The van der Waals surface area contributed by atoms with Crippen LogP contribution in [0, 0.1) is 0 Å². The lowest BCUT2D eigenvalue weighted by molar-refractivity contribution is -0.138. The van der Waals surface area contributed by atoms with Crippen molar-refractivity contribution in [3.63, 3.8) is 0 Å². The molecule has 3 aromatic rings. The van der Waals surface area contributed by atoms with Crippen molar-refractivity contribution in [3.05, 3.63) is 42.1 Å². The fraction of sp³-hybridized carbons (Fsp3) is 0.250. The van der Waals surface area contributed by atoms with Crippen molar-refractivity contribution in [2.45, 2.75) is 0 Å². The fourth-order valence-electron chi connectivity index (χ4n) is 3.12. The van der Waals surface area contributed by atoms with Gasteiger partial charge in [-0.15, -0.1) is 0 Å². The number of hydrogen-bond donors (Lipinski definition) is 3. The van der Waals surface area contributed by atoms with Crippen LogP contribution < -0.4 is 25.8 Å². The second-order valence-corrected chi connectivity index (χ2v) is 6.49. The Bertz CT molecular complexity index is 1110. The number of rotatable bonds is 7. The predicted octanol–water partition coefficient (Wildman–Crippen LogP) is 1.00. The Kier molecular flexibility index (Phi) is 5.40. The number of methoxy groups -OCH3 is 1. The molecule has 1 aromatic carbocycles. The van der Waals surface area contributed by atoms with Gasteiger partial charge in [0, 0.05) is 30.4 Å². The van der Waals surface area contributed by atoms with Crippen LogP contribution in [0.2, 0.25) is 0 Å². The summed E-state index contributed by atoms with van der Waals surface area (Å²) in [5.41, 5.74) is 7.80. The Hall–Kier alpha value is -3.79. The van der Waals surface area contributed by atoms with E-state index in [4.69, 9.17) is 19.9 Å². The maximum absolute atomic E-state index is 12.3. The summed E-state index contributed by atoms with van der Waals surface area (Å²) in [6.45, 7) is 0.860. The standard InChI is InChI=1S/C20H21N5O5/c1-28-17(26)10-23-19-18(12-2-3-14-15(8-12)30-11-29-14)24-16-9-13(4-7-25(16)19)20(27)22-6-5-21/h2-4,7-9,23H,5-6,10-11,21H2,1H3,(H,22,27). The van der Waals surface area contributed by atoms with Gasteiger partial charge in [-0.2, -0.15) is 0 Å². The van der Waals surface area contributed by atoms with E-state index in [-0.39, 0.29) is 19.2 Å². The highest BCUT2D eigenvalue weighted by Crippen LogP contribution is 2.38. The van der Waals surface area contributed by atoms with Crippen molar-refractivity contribution < 1.29 is 23.8 Å². The highest BCUT2D eigenvalue weighted by Gasteiger charge is 2.20. The number of imidazole rings is 1. The van der Waals surface area contributed by atoms with Gasteiger partial charge in [-0.1, -0.05) is 0 Å². The molecule has 0 aliphatic carbocycles. The van der Waals surface area contributed by atoms with Crippen LogP contribution in [0.1, 0.15) is 10.4 Å². The lowest BCUT2D eigenvalue weighted by Gasteiger charge is -2.09. The second-order valence-electron chi connectivity index (χ2n) is 6.49. The number of carbonyl (C=O) groups is 2. The molecule has 0 atom stereocenters. The number of nitrogens with two attached hydrogens (primary N) is 1. The zero-order chi connectivity index (χ0) is 21.1. The van der Waals surface area contributed by atoms with Gasteiger partial charge in [-0.3, -0.25) is 14.0 Å². The molecule has 156 valence electrons. The summed E-state index contributed by atoms with van der Waals surface area (Å²) in [6, 6.07) is 8.83. The van der Waals surface area contributed by atoms with Crippen LogP contribution in [0.3, 0.4) is 0 Å². The average Bonchev–Trinajstić information content (AvgIpc) is 3.38. The van der Waals surface area contributed by atoms with Gasteiger partial charge in [-0.05, 0) is 30.3 Å². The van der Waals surface area contributed by atoms with Gasteiger partial charge < -0.3 is 30.6 Å². The third-order valence-electron chi connectivity index (χ3n) is 4.59. The summed E-state index contributed by atoms with van der Waals surface area (Å²) >= 11 is 0. The molecule has 4 rings (SSSR count). The van der Waals surface area contributed by atoms with Gasteiger partial charge in [-0.25, -0.2) is 4.98 Å². The fourth-order valence-corrected chi connectivity index (χ4v) is 3.12. The predicted molar refractivity (Wildman–Crippen MR) is 109 cm³/mol. The second kappa shape index (κ2) is 8.29. The first kappa shape index (κ1) is 19.5. The number of benzene rings is 1. The topological polar surface area (TPSA) is 129 Å². The number of nitrogens with one attached hydrogen (secondary N) is 2. The van der Waals surface area contributed by atoms with Gasteiger partial charge >= 0.3 is 5.97 Å². The molecular weight excluding hydrogens is 390 g/mol. The number of nitrogens with zero attached hydrogens (tertiary/aromatic N) is 2. The quantitative estimate of drug-likeness (QED) is 0.491. The highest BCUT2D eigenvalue weighted by molar-refractivity contribution is 5.95. The molecule has 1 aliphatic rings. The number of amides is 1. The zero-order valence-electron chi connectivity index (χ0n) is 16.3. The lowest BCUT2D eigenvalue weighted by Crippen LogP contribution is -2.29. The molecule has 0 saturated heterocycles. The zero-order valence-corrected chi connectivity index (χ0v) is 16.3. The van der Waals surface area contributed by atoms with Crippen molar-refractivity contribution in [1.82, 2.24) is 14.7 Å². The van der Waals surface area contributed by atoms with E-state index >= 15 is 0 Å². The number of pyridine rings is 1. The van der Waals surface area contributed by atoms with E-state index in [2.05, 4.69) is 15.6 Å². The minimum Gasteiger partial charge on any atom is -0.468 e. The largest absolute Gasteiger partial charge is 0.468 e. The molecular formula is C20H21N5O5. The third-order valence-corrected chi connectivity index (χ3v) is 4.59. The Morgan fingerprint density at radius 2 is 2.07 bits per heavy atom. The number of ether oxygens (including phenoxy) is 3. The van der Waals surface area contributed by atoms with Gasteiger partial charge in [0.1, 0.15) is 23.7 Å². The summed E-state index contributed by atoms with van der Waals surface area (Å²) in [5.74, 6) is 1.21. The van der Waals surface area contributed by atoms with Gasteiger partial charge in [0.05, 0.1) is 7.11 Å². The maximum Gasteiger partial charge on any atom is 0.325 e. The van der Waals surface area contributed by atoms with Crippen LogP contribution >= 0.6 is 0 Å². The Morgan fingerprint density at radius 1 is 1.23 bits per heavy atom. The molecule has 0 unspecified atom stereocenters. The Labute approximate surface area is 171 Å². The van der Waals surface area contributed by atoms with Crippen molar-refractivity contribution in [2.75, 3.05) is 38.9 Å². The molecule has 0 bridgehead atoms. The van der Waals surface area contributed by atoms with Crippen molar-refractivity contribution in [2.24, 2.45) is 5.73 Å². The smallest absolute Gasteiger partial charge is 0.325 e. The van der Waals surface area contributed by atoms with Crippen LogP contribution in [0.15, 0.2) is 36.5 Å². The maximum atomic E-state index is 12.3. The number of anilines is 1. The molecule has 3 heterocycles. The molecule has 1 amide bonds. The van der Waals surface area contributed by atoms with Crippen molar-refractivity contribution >= 4 is 23.3 Å². The molecule has 0 saturated carbocycles. The summed E-state index contributed by atoms with van der Waals surface area (Å²) in [6.07, 6.45) is 1.72. The number of hydrogen-bond acceptors (Lipinski definition) is 8. The van der Waals surface area contributed by atoms with Crippen LogP contribution in [0.25, 0.3) is 16.9 Å². The number of esters is 1. The Balaban J connectivity index is 1.76. The SMILES string of the molecule is COC(=O)CNc1c(-c2ccc3c(c2)OCO3)nc2cc(C(=O)NCCN)ccn12. The van der Waals surface area contributed by atoms with E-state index in [1.54, 1.807) is 28.8 Å². The minimum absolute atomic E-state index is 0.0411. The molecule has 10 nitrogen and oxygen atoms in total. The Morgan fingerprint density at radius 3 is 2.87 bits per heavy atom. The summed E-state index contributed by atoms with van der Waals surface area (Å²) < 4.78 is 17.3. The normalized spacial score (nSPS) is 12.1. The monoisotopic (exact) mass is 411 g/mol. The van der Waals surface area contributed by atoms with Gasteiger partial charge in [0.15, 0.2) is 11.5 Å². The first-order valence-electron chi connectivity index (χ1n) is 9.32. The van der Waals surface area contributed by atoms with Crippen LogP contribution in [-0.4, -0.2) is 54.8 Å². The first-order valence-corrected chi connectivity index (χ1v) is 9.32. The van der Waals surface area contributed by atoms with E-state index in [1.165, 1.54) is 7.11 Å². The molecule has 30 heavy (non-hydrogen) atoms. The molecule has 10 heteroatoms. The molecule has 4 N–H and O–H groups in total. The molecule has 0 spiro atoms. The van der Waals surface area contributed by atoms with Gasteiger partial charge in [0.2, 0.25) is 6.79 Å². The van der Waals surface area contributed by atoms with Crippen molar-refractivity contribution in [3.8, 4) is 22.8 Å². The van der Waals surface area contributed by atoms with E-state index in [1.807, 2.05) is 12.1 Å². The molecule has 0 radical (unpaired) electrons. The molecule has 1 aliphatic heterocycles. The van der Waals surface area contributed by atoms with Crippen LogP contribution in [0.4, 0.5) is 5.82 Å². The van der Waals surface area contributed by atoms with Crippen LogP contribution in [-0.2, 0) is 9.53 Å². The highest BCUT2D eigenvalue weighted by atomic mass is 16.7. The van der Waals surface area contributed by atoms with E-state index < -0.39 is 5.97 Å². The number of carbonyl (C=O) groups excluding carboxylic acids is 2. The third kappa shape index (κ3) is 3.72. The molecule has 0 fully saturated rings. The molecule has 2 aromatic heterocycles. The van der Waals surface area contributed by atoms with E-state index in [0.29, 0.717) is 47.3 Å². The summed E-state index contributed by atoms with van der Waals surface area (Å²) in [5, 5.41) is 5.81. The van der Waals surface area contributed by atoms with E-state index in [9.17, 15) is 9.59 Å². The first-order chi connectivity index (χ1) is 14.6. The lowest BCUT2D eigenvalue weighted by atomic mass is 10.1. The van der Waals surface area contributed by atoms with Gasteiger partial charge in [0.25, 0.3) is 5.91 Å². The van der Waals surface area contributed by atoms with Crippen LogP contribution in [0.5, 0.6) is 11.5 Å². The number of fused-ring (bicyclic) bond motifs is 2. The minimum atomic E-state index is -0.417.